The van der Waals surface area contributed by atoms with Crippen LogP contribution in [0.1, 0.15) is 30.7 Å². The van der Waals surface area contributed by atoms with Gasteiger partial charge in [-0.15, -0.1) is 0 Å². The normalized spacial score (nSPS) is 13.3. The molecule has 2 rings (SSSR count). The summed E-state index contributed by atoms with van der Waals surface area (Å²) in [5, 5.41) is 4.71. The Labute approximate surface area is 115 Å². The highest BCUT2D eigenvalue weighted by atomic mass is 16.3. The molecule has 0 saturated heterocycles. The lowest BCUT2D eigenvalue weighted by atomic mass is 10.1. The highest BCUT2D eigenvalue weighted by Gasteiger charge is 2.16. The van der Waals surface area contributed by atoms with Crippen molar-refractivity contribution in [1.82, 2.24) is 10.2 Å². The van der Waals surface area contributed by atoms with E-state index in [4.69, 9.17) is 4.42 Å². The lowest BCUT2D eigenvalue weighted by molar-refractivity contribution is 0.339. The van der Waals surface area contributed by atoms with Gasteiger partial charge in [-0.3, -0.25) is 0 Å². The molecule has 1 aromatic heterocycles. The molecule has 1 atom stereocenters. The summed E-state index contributed by atoms with van der Waals surface area (Å²) in [7, 11) is 4.21. The Bertz CT molecular complexity index is 531. The zero-order chi connectivity index (χ0) is 13.8. The maximum atomic E-state index is 6.06. The summed E-state index contributed by atoms with van der Waals surface area (Å²) in [6, 6.07) is 8.76. The Kier molecular flexibility index (Phi) is 4.61. The minimum absolute atomic E-state index is 0.291. The number of hydrogen-bond donors (Lipinski definition) is 1. The van der Waals surface area contributed by atoms with E-state index in [0.717, 1.165) is 30.9 Å². The Hall–Kier alpha value is -1.32. The number of para-hydroxylation sites is 1. The molecule has 3 nitrogen and oxygen atoms in total. The summed E-state index contributed by atoms with van der Waals surface area (Å²) in [5.74, 6) is 1.05. The van der Waals surface area contributed by atoms with Crippen molar-refractivity contribution in [3.63, 3.8) is 0 Å². The molecule has 0 radical (unpaired) electrons. The van der Waals surface area contributed by atoms with Crippen molar-refractivity contribution in [3.05, 3.63) is 35.6 Å². The molecule has 1 N–H and O–H groups in total. The van der Waals surface area contributed by atoms with E-state index < -0.39 is 0 Å². The Morgan fingerprint density at radius 3 is 2.74 bits per heavy atom. The van der Waals surface area contributed by atoms with Crippen molar-refractivity contribution in [3.8, 4) is 0 Å². The van der Waals surface area contributed by atoms with E-state index in [1.54, 1.807) is 0 Å². The Morgan fingerprint density at radius 2 is 2.11 bits per heavy atom. The van der Waals surface area contributed by atoms with Gasteiger partial charge >= 0.3 is 0 Å². The van der Waals surface area contributed by atoms with Crippen LogP contribution in [0.25, 0.3) is 11.0 Å². The summed E-state index contributed by atoms with van der Waals surface area (Å²) >= 11 is 0. The van der Waals surface area contributed by atoms with Crippen LogP contribution in [0.5, 0.6) is 0 Å². The minimum Gasteiger partial charge on any atom is -0.459 e. The number of fused-ring (bicyclic) bond motifs is 1. The second-order valence-electron chi connectivity index (χ2n) is 5.34. The van der Waals surface area contributed by atoms with Crippen LogP contribution in [0.3, 0.4) is 0 Å². The van der Waals surface area contributed by atoms with Gasteiger partial charge in [0.2, 0.25) is 0 Å². The van der Waals surface area contributed by atoms with Gasteiger partial charge in [-0.05, 0) is 52.2 Å². The third-order valence-corrected chi connectivity index (χ3v) is 3.42. The van der Waals surface area contributed by atoms with E-state index in [0.29, 0.717) is 6.04 Å². The van der Waals surface area contributed by atoms with Gasteiger partial charge < -0.3 is 14.6 Å². The topological polar surface area (TPSA) is 28.4 Å². The van der Waals surface area contributed by atoms with Crippen LogP contribution >= 0.6 is 0 Å². The molecule has 1 heterocycles. The molecule has 0 bridgehead atoms. The predicted octanol–water partition coefficient (Wildman–Crippen LogP) is 3.34. The fourth-order valence-electron chi connectivity index (χ4n) is 2.38. The quantitative estimate of drug-likeness (QED) is 0.863. The first-order valence-electron chi connectivity index (χ1n) is 6.99. The van der Waals surface area contributed by atoms with E-state index in [1.165, 1.54) is 10.9 Å². The third kappa shape index (κ3) is 3.37. The van der Waals surface area contributed by atoms with E-state index >= 15 is 0 Å². The second kappa shape index (κ2) is 6.22. The van der Waals surface area contributed by atoms with Gasteiger partial charge in [0.15, 0.2) is 0 Å². The maximum absolute atomic E-state index is 6.06. The van der Waals surface area contributed by atoms with E-state index in [1.807, 2.05) is 0 Å². The SMILES string of the molecule is CCNC(CCN(C)C)c1cc2cccc(C)c2o1. The lowest BCUT2D eigenvalue weighted by Crippen LogP contribution is -2.25. The molecule has 3 heteroatoms. The largest absolute Gasteiger partial charge is 0.459 e. The third-order valence-electron chi connectivity index (χ3n) is 3.42. The van der Waals surface area contributed by atoms with Crippen LogP contribution in [0.2, 0.25) is 0 Å². The number of nitrogens with zero attached hydrogens (tertiary/aromatic N) is 1. The van der Waals surface area contributed by atoms with E-state index in [9.17, 15) is 0 Å². The minimum atomic E-state index is 0.291. The monoisotopic (exact) mass is 260 g/mol. The van der Waals surface area contributed by atoms with Crippen molar-refractivity contribution in [1.29, 1.82) is 0 Å². The molecule has 0 aliphatic heterocycles. The van der Waals surface area contributed by atoms with Crippen molar-refractivity contribution >= 4 is 11.0 Å². The van der Waals surface area contributed by atoms with Gasteiger partial charge in [-0.2, -0.15) is 0 Å². The molecule has 2 aromatic rings. The van der Waals surface area contributed by atoms with Gasteiger partial charge in [0.25, 0.3) is 0 Å². The summed E-state index contributed by atoms with van der Waals surface area (Å²) in [5.41, 5.74) is 2.22. The van der Waals surface area contributed by atoms with Gasteiger partial charge in [0, 0.05) is 5.39 Å². The number of nitrogens with one attached hydrogen (secondary N) is 1. The zero-order valence-electron chi connectivity index (χ0n) is 12.4. The van der Waals surface area contributed by atoms with Crippen LogP contribution in [0.15, 0.2) is 28.7 Å². The fraction of sp³-hybridized carbons (Fsp3) is 0.500. The first kappa shape index (κ1) is 14.1. The molecule has 0 spiro atoms. The number of aryl methyl sites for hydroxylation is 1. The summed E-state index contributed by atoms with van der Waals surface area (Å²) in [6.45, 7) is 6.23. The van der Waals surface area contributed by atoms with Crippen molar-refractivity contribution in [2.75, 3.05) is 27.2 Å². The predicted molar refractivity (Wildman–Crippen MR) is 80.5 cm³/mol. The van der Waals surface area contributed by atoms with Crippen LogP contribution in [0, 0.1) is 6.92 Å². The van der Waals surface area contributed by atoms with Gasteiger partial charge in [-0.25, -0.2) is 0 Å². The van der Waals surface area contributed by atoms with Gasteiger partial charge in [0.1, 0.15) is 11.3 Å². The molecule has 104 valence electrons. The van der Waals surface area contributed by atoms with Crippen molar-refractivity contribution < 1.29 is 4.42 Å². The number of hydrogen-bond acceptors (Lipinski definition) is 3. The van der Waals surface area contributed by atoms with Crippen LogP contribution < -0.4 is 5.32 Å². The lowest BCUT2D eigenvalue weighted by Gasteiger charge is -2.18. The van der Waals surface area contributed by atoms with Crippen molar-refractivity contribution in [2.24, 2.45) is 0 Å². The molecule has 1 unspecified atom stereocenters. The molecule has 0 aliphatic carbocycles. The van der Waals surface area contributed by atoms with Crippen molar-refractivity contribution in [2.45, 2.75) is 26.3 Å². The zero-order valence-corrected chi connectivity index (χ0v) is 12.4. The Balaban J connectivity index is 2.25. The smallest absolute Gasteiger partial charge is 0.137 e. The maximum Gasteiger partial charge on any atom is 0.137 e. The van der Waals surface area contributed by atoms with Gasteiger partial charge in [0.05, 0.1) is 6.04 Å². The van der Waals surface area contributed by atoms with E-state index in [2.05, 4.69) is 62.4 Å². The second-order valence-corrected chi connectivity index (χ2v) is 5.34. The standard InChI is InChI=1S/C16H24N2O/c1-5-17-14(9-10-18(3)4)15-11-13-8-6-7-12(2)16(13)19-15/h6-8,11,14,17H,5,9-10H2,1-4H3. The molecule has 0 amide bonds. The van der Waals surface area contributed by atoms with Gasteiger partial charge in [-0.1, -0.05) is 25.1 Å². The molecular weight excluding hydrogens is 236 g/mol. The number of rotatable bonds is 6. The molecule has 19 heavy (non-hydrogen) atoms. The summed E-state index contributed by atoms with van der Waals surface area (Å²) in [4.78, 5) is 2.21. The first-order chi connectivity index (χ1) is 9.11. The Morgan fingerprint density at radius 1 is 1.32 bits per heavy atom. The fourth-order valence-corrected chi connectivity index (χ4v) is 2.38. The highest BCUT2D eigenvalue weighted by molar-refractivity contribution is 5.80. The summed E-state index contributed by atoms with van der Waals surface area (Å²) in [6.07, 6.45) is 1.06. The average molecular weight is 260 g/mol. The molecule has 1 aromatic carbocycles. The van der Waals surface area contributed by atoms with Crippen LogP contribution in [0.4, 0.5) is 0 Å². The molecular formula is C16H24N2O. The highest BCUT2D eigenvalue weighted by Crippen LogP contribution is 2.27. The first-order valence-corrected chi connectivity index (χ1v) is 6.99. The average Bonchev–Trinajstić information content (AvgIpc) is 2.79. The summed E-state index contributed by atoms with van der Waals surface area (Å²) < 4.78 is 6.06. The van der Waals surface area contributed by atoms with Crippen LogP contribution in [-0.4, -0.2) is 32.1 Å². The molecule has 0 fully saturated rings. The molecule has 0 saturated carbocycles. The van der Waals surface area contributed by atoms with E-state index in [-0.39, 0.29) is 0 Å². The van der Waals surface area contributed by atoms with Crippen LogP contribution in [-0.2, 0) is 0 Å². The molecule has 0 aliphatic rings. The number of benzene rings is 1. The number of furan rings is 1.